The van der Waals surface area contributed by atoms with Gasteiger partial charge in [0.05, 0.1) is 12.2 Å². The van der Waals surface area contributed by atoms with Gasteiger partial charge in [-0.25, -0.2) is 4.79 Å². The molecule has 0 aliphatic heterocycles. The summed E-state index contributed by atoms with van der Waals surface area (Å²) in [7, 11) is 0. The van der Waals surface area contributed by atoms with Gasteiger partial charge < -0.3 is 19.9 Å². The zero-order chi connectivity index (χ0) is 18.7. The number of hydrogen-bond donors (Lipinski definition) is 2. The van der Waals surface area contributed by atoms with E-state index in [-0.39, 0.29) is 11.7 Å². The molecule has 0 saturated heterocycles. The molecule has 0 unspecified atom stereocenters. The molecule has 8 heteroatoms. The van der Waals surface area contributed by atoms with E-state index in [1.807, 2.05) is 0 Å². The second kappa shape index (κ2) is 6.99. The van der Waals surface area contributed by atoms with Crippen LogP contribution in [0.15, 0.2) is 34.9 Å². The number of hydrogen-bond acceptors (Lipinski definition) is 6. The van der Waals surface area contributed by atoms with E-state index in [1.165, 1.54) is 0 Å². The number of rotatable bonds is 6. The molecule has 1 saturated carbocycles. The molecule has 0 spiro atoms. The van der Waals surface area contributed by atoms with Crippen molar-refractivity contribution >= 4 is 29.3 Å². The van der Waals surface area contributed by atoms with E-state index in [2.05, 4.69) is 15.8 Å². The highest BCUT2D eigenvalue weighted by Gasteiger charge is 2.56. The summed E-state index contributed by atoms with van der Waals surface area (Å²) in [6.45, 7) is 3.73. The molecular formula is C18H19N3O5. The first kappa shape index (κ1) is 17.7. The summed E-state index contributed by atoms with van der Waals surface area (Å²) < 4.78 is 9.81. The first-order valence-corrected chi connectivity index (χ1v) is 8.28. The number of ether oxygens (including phenoxy) is 1. The molecule has 1 aromatic carbocycles. The summed E-state index contributed by atoms with van der Waals surface area (Å²) >= 11 is 0. The molecule has 3 rings (SSSR count). The van der Waals surface area contributed by atoms with Crippen molar-refractivity contribution in [2.24, 2.45) is 5.41 Å². The fraction of sp³-hybridized carbons (Fsp3) is 0.333. The average molecular weight is 357 g/mol. The standard InChI is InChI=1S/C18H19N3O5/c1-3-25-15(22)12-4-6-13(7-5-12)19-16(23)18(8-9-18)17(24)20-14-10-11(2)26-21-14/h4-7,10H,3,8-9H2,1-2H3,(H,19,23)(H,20,21,24). The van der Waals surface area contributed by atoms with Crippen molar-refractivity contribution in [1.29, 1.82) is 0 Å². The van der Waals surface area contributed by atoms with Gasteiger partial charge in [-0.15, -0.1) is 0 Å². The topological polar surface area (TPSA) is 111 Å². The zero-order valence-electron chi connectivity index (χ0n) is 14.5. The predicted molar refractivity (Wildman–Crippen MR) is 92.6 cm³/mol. The Labute approximate surface area is 149 Å². The summed E-state index contributed by atoms with van der Waals surface area (Å²) in [6, 6.07) is 7.90. The molecule has 1 heterocycles. The minimum atomic E-state index is -1.10. The number of amides is 2. The molecule has 0 bridgehead atoms. The van der Waals surface area contributed by atoms with E-state index in [4.69, 9.17) is 9.26 Å². The molecule has 2 amide bonds. The van der Waals surface area contributed by atoms with Gasteiger partial charge in [0.1, 0.15) is 11.2 Å². The zero-order valence-corrected chi connectivity index (χ0v) is 14.5. The van der Waals surface area contributed by atoms with Crippen LogP contribution in [0.4, 0.5) is 11.5 Å². The van der Waals surface area contributed by atoms with Crippen molar-refractivity contribution in [2.45, 2.75) is 26.7 Å². The Morgan fingerprint density at radius 2 is 1.81 bits per heavy atom. The van der Waals surface area contributed by atoms with Crippen LogP contribution >= 0.6 is 0 Å². The van der Waals surface area contributed by atoms with Crippen LogP contribution < -0.4 is 10.6 Å². The third kappa shape index (κ3) is 3.58. The lowest BCUT2D eigenvalue weighted by atomic mass is 10.0. The Morgan fingerprint density at radius 3 is 2.35 bits per heavy atom. The molecular weight excluding hydrogens is 338 g/mol. The quantitative estimate of drug-likeness (QED) is 0.607. The van der Waals surface area contributed by atoms with Gasteiger partial charge in [0.2, 0.25) is 11.8 Å². The highest BCUT2D eigenvalue weighted by molar-refractivity contribution is 6.16. The molecule has 2 N–H and O–H groups in total. The second-order valence-electron chi connectivity index (χ2n) is 6.11. The monoisotopic (exact) mass is 357 g/mol. The van der Waals surface area contributed by atoms with Crippen LogP contribution in [0.3, 0.4) is 0 Å². The van der Waals surface area contributed by atoms with Gasteiger partial charge in [-0.05, 0) is 51.0 Å². The van der Waals surface area contributed by atoms with Crippen LogP contribution in [0, 0.1) is 12.3 Å². The number of nitrogens with one attached hydrogen (secondary N) is 2. The third-order valence-electron chi connectivity index (χ3n) is 4.14. The fourth-order valence-electron chi connectivity index (χ4n) is 2.50. The second-order valence-corrected chi connectivity index (χ2v) is 6.11. The van der Waals surface area contributed by atoms with E-state index in [1.54, 1.807) is 44.2 Å². The van der Waals surface area contributed by atoms with Gasteiger partial charge >= 0.3 is 5.97 Å². The van der Waals surface area contributed by atoms with Crippen LogP contribution in [-0.4, -0.2) is 29.5 Å². The number of aromatic nitrogens is 1. The Hall–Kier alpha value is -3.16. The van der Waals surface area contributed by atoms with Crippen LogP contribution in [0.1, 0.15) is 35.9 Å². The van der Waals surface area contributed by atoms with Gasteiger partial charge in [-0.2, -0.15) is 0 Å². The number of nitrogens with zero attached hydrogens (tertiary/aromatic N) is 1. The van der Waals surface area contributed by atoms with Crippen LogP contribution in [0.2, 0.25) is 0 Å². The summed E-state index contributed by atoms with van der Waals surface area (Å²) in [5.41, 5.74) is -0.211. The van der Waals surface area contributed by atoms with E-state index in [0.29, 0.717) is 36.5 Å². The Morgan fingerprint density at radius 1 is 1.15 bits per heavy atom. The molecule has 1 aromatic heterocycles. The maximum atomic E-state index is 12.5. The van der Waals surface area contributed by atoms with Crippen molar-refractivity contribution in [3.8, 4) is 0 Å². The molecule has 8 nitrogen and oxygen atoms in total. The number of aryl methyl sites for hydroxylation is 1. The van der Waals surface area contributed by atoms with E-state index in [9.17, 15) is 14.4 Å². The highest BCUT2D eigenvalue weighted by Crippen LogP contribution is 2.47. The van der Waals surface area contributed by atoms with Gasteiger partial charge in [0.15, 0.2) is 5.82 Å². The number of carbonyl (C=O) groups excluding carboxylic acids is 3. The molecule has 1 aliphatic rings. The number of anilines is 2. The van der Waals surface area contributed by atoms with Crippen molar-refractivity contribution in [3.63, 3.8) is 0 Å². The Bertz CT molecular complexity index is 837. The minimum absolute atomic E-state index is 0.283. The largest absolute Gasteiger partial charge is 0.462 e. The van der Waals surface area contributed by atoms with Crippen molar-refractivity contribution in [3.05, 3.63) is 41.7 Å². The Balaban J connectivity index is 1.63. The predicted octanol–water partition coefficient (Wildman–Crippen LogP) is 2.52. The summed E-state index contributed by atoms with van der Waals surface area (Å²) in [4.78, 5) is 36.6. The molecule has 0 radical (unpaired) electrons. The van der Waals surface area contributed by atoms with Gasteiger partial charge in [0.25, 0.3) is 0 Å². The first-order valence-electron chi connectivity index (χ1n) is 8.28. The van der Waals surface area contributed by atoms with E-state index < -0.39 is 17.3 Å². The lowest BCUT2D eigenvalue weighted by molar-refractivity contribution is -0.131. The van der Waals surface area contributed by atoms with Crippen LogP contribution in [0.25, 0.3) is 0 Å². The molecule has 1 aliphatic carbocycles. The van der Waals surface area contributed by atoms with Crippen molar-refractivity contribution in [2.75, 3.05) is 17.2 Å². The molecule has 1 fully saturated rings. The lowest BCUT2D eigenvalue weighted by Gasteiger charge is -2.14. The number of carbonyl (C=O) groups is 3. The van der Waals surface area contributed by atoms with Crippen molar-refractivity contribution in [1.82, 2.24) is 5.16 Å². The van der Waals surface area contributed by atoms with Crippen LogP contribution in [0.5, 0.6) is 0 Å². The maximum absolute atomic E-state index is 12.5. The minimum Gasteiger partial charge on any atom is -0.462 e. The van der Waals surface area contributed by atoms with Gasteiger partial charge in [0, 0.05) is 11.8 Å². The Kier molecular flexibility index (Phi) is 4.75. The average Bonchev–Trinajstić information content (AvgIpc) is 3.34. The number of esters is 1. The smallest absolute Gasteiger partial charge is 0.338 e. The summed E-state index contributed by atoms with van der Waals surface area (Å²) in [5.74, 6) is -0.376. The normalized spacial score (nSPS) is 14.4. The SMILES string of the molecule is CCOC(=O)c1ccc(NC(=O)C2(C(=O)Nc3cc(C)on3)CC2)cc1. The third-order valence-corrected chi connectivity index (χ3v) is 4.14. The van der Waals surface area contributed by atoms with Crippen LogP contribution in [-0.2, 0) is 14.3 Å². The number of benzene rings is 1. The lowest BCUT2D eigenvalue weighted by Crippen LogP contribution is -2.35. The highest BCUT2D eigenvalue weighted by atomic mass is 16.5. The molecule has 26 heavy (non-hydrogen) atoms. The molecule has 0 atom stereocenters. The maximum Gasteiger partial charge on any atom is 0.338 e. The van der Waals surface area contributed by atoms with E-state index in [0.717, 1.165) is 0 Å². The molecule has 2 aromatic rings. The van der Waals surface area contributed by atoms with Gasteiger partial charge in [-0.3, -0.25) is 9.59 Å². The first-order chi connectivity index (χ1) is 12.4. The summed E-state index contributed by atoms with van der Waals surface area (Å²) in [5, 5.41) is 9.02. The van der Waals surface area contributed by atoms with E-state index >= 15 is 0 Å². The van der Waals surface area contributed by atoms with Gasteiger partial charge in [-0.1, -0.05) is 5.16 Å². The molecule has 136 valence electrons. The summed E-state index contributed by atoms with van der Waals surface area (Å²) in [6.07, 6.45) is 0.921. The van der Waals surface area contributed by atoms with Crippen molar-refractivity contribution < 1.29 is 23.6 Å². The fourth-order valence-corrected chi connectivity index (χ4v) is 2.50.